The van der Waals surface area contributed by atoms with Crippen LogP contribution in [0.15, 0.2) is 30.6 Å². The van der Waals surface area contributed by atoms with Gasteiger partial charge in [0.25, 0.3) is 0 Å². The summed E-state index contributed by atoms with van der Waals surface area (Å²) in [6.45, 7) is 6.08. The van der Waals surface area contributed by atoms with Crippen LogP contribution in [0.3, 0.4) is 0 Å². The van der Waals surface area contributed by atoms with E-state index >= 15 is 0 Å². The van der Waals surface area contributed by atoms with Crippen molar-refractivity contribution in [3.05, 3.63) is 52.4 Å². The zero-order valence-electron chi connectivity index (χ0n) is 18.4. The van der Waals surface area contributed by atoms with Crippen LogP contribution in [0.25, 0.3) is 0 Å². The SMILES string of the molecule is C[C@@H]1C[C@@H](O)c2ncnc(N3CCN([C@@](C=O)(c4ccc(Cl)cc4)[C@H]4CCCN4)CC3)c21. The number of anilines is 1. The Labute approximate surface area is 193 Å². The molecule has 170 valence electrons. The minimum absolute atomic E-state index is 0.0752. The molecule has 4 atom stereocenters. The summed E-state index contributed by atoms with van der Waals surface area (Å²) < 4.78 is 0. The van der Waals surface area contributed by atoms with Gasteiger partial charge in [-0.3, -0.25) is 4.90 Å². The molecule has 7 nitrogen and oxygen atoms in total. The maximum atomic E-state index is 12.8. The van der Waals surface area contributed by atoms with E-state index in [4.69, 9.17) is 11.6 Å². The zero-order valence-corrected chi connectivity index (χ0v) is 19.1. The van der Waals surface area contributed by atoms with Gasteiger partial charge < -0.3 is 20.1 Å². The van der Waals surface area contributed by atoms with Crippen LogP contribution in [0, 0.1) is 0 Å². The van der Waals surface area contributed by atoms with Gasteiger partial charge in [0.05, 0.1) is 11.8 Å². The van der Waals surface area contributed by atoms with E-state index in [0.29, 0.717) is 11.4 Å². The van der Waals surface area contributed by atoms with E-state index in [9.17, 15) is 9.90 Å². The average Bonchev–Trinajstić information content (AvgIpc) is 3.45. The quantitative estimate of drug-likeness (QED) is 0.670. The van der Waals surface area contributed by atoms with E-state index < -0.39 is 11.6 Å². The Morgan fingerprint density at radius 3 is 2.59 bits per heavy atom. The number of hydrogen-bond donors (Lipinski definition) is 2. The highest BCUT2D eigenvalue weighted by molar-refractivity contribution is 6.30. The number of aliphatic hydroxyl groups is 1. The lowest BCUT2D eigenvalue weighted by molar-refractivity contribution is -0.121. The topological polar surface area (TPSA) is 81.6 Å². The van der Waals surface area contributed by atoms with Crippen LogP contribution < -0.4 is 10.2 Å². The molecule has 8 heteroatoms. The number of carbonyl (C=O) groups excluding carboxylic acids is 1. The summed E-state index contributed by atoms with van der Waals surface area (Å²) in [6, 6.07) is 7.80. The number of aliphatic hydroxyl groups excluding tert-OH is 1. The summed E-state index contributed by atoms with van der Waals surface area (Å²) >= 11 is 6.15. The molecule has 5 rings (SSSR count). The molecular weight excluding hydrogens is 426 g/mol. The second kappa shape index (κ2) is 8.71. The number of halogens is 1. The number of nitrogens with one attached hydrogen (secondary N) is 1. The summed E-state index contributed by atoms with van der Waals surface area (Å²) in [5.74, 6) is 1.17. The van der Waals surface area contributed by atoms with Gasteiger partial charge in [-0.1, -0.05) is 30.7 Å². The van der Waals surface area contributed by atoms with Gasteiger partial charge in [-0.05, 0) is 49.4 Å². The highest BCUT2D eigenvalue weighted by atomic mass is 35.5. The molecule has 3 aliphatic rings. The minimum atomic E-state index is -0.718. The van der Waals surface area contributed by atoms with Gasteiger partial charge in [0.1, 0.15) is 24.0 Å². The second-order valence-corrected chi connectivity index (χ2v) is 9.66. The van der Waals surface area contributed by atoms with Crippen molar-refractivity contribution in [2.24, 2.45) is 0 Å². The number of rotatable bonds is 5. The molecule has 0 bridgehead atoms. The Morgan fingerprint density at radius 1 is 1.19 bits per heavy atom. The van der Waals surface area contributed by atoms with Gasteiger partial charge in [-0.2, -0.15) is 0 Å². The number of nitrogens with zero attached hydrogens (tertiary/aromatic N) is 4. The van der Waals surface area contributed by atoms with E-state index in [1.807, 2.05) is 24.3 Å². The number of aromatic nitrogens is 2. The summed E-state index contributed by atoms with van der Waals surface area (Å²) in [4.78, 5) is 26.4. The van der Waals surface area contributed by atoms with Crippen LogP contribution in [0.2, 0.25) is 5.02 Å². The van der Waals surface area contributed by atoms with Crippen molar-refractivity contribution in [1.82, 2.24) is 20.2 Å². The summed E-state index contributed by atoms with van der Waals surface area (Å²) in [5.41, 5.74) is 2.11. The van der Waals surface area contributed by atoms with Gasteiger partial charge in [0.15, 0.2) is 0 Å². The predicted octanol–water partition coefficient (Wildman–Crippen LogP) is 2.64. The Bertz CT molecular complexity index is 973. The Morgan fingerprint density at radius 2 is 1.94 bits per heavy atom. The molecule has 0 saturated carbocycles. The Balaban J connectivity index is 1.43. The van der Waals surface area contributed by atoms with E-state index in [-0.39, 0.29) is 12.0 Å². The minimum Gasteiger partial charge on any atom is -0.387 e. The predicted molar refractivity (Wildman–Crippen MR) is 124 cm³/mol. The third-order valence-corrected chi connectivity index (χ3v) is 7.71. The standard InChI is InChI=1S/C24H30ClN5O2/c1-16-13-19(32)22-21(16)23(28-15-27-22)29-9-11-30(12-10-29)24(14-31,20-3-2-8-26-20)17-4-6-18(25)7-5-17/h4-7,14-16,19-20,26,32H,2-3,8-13H2,1H3/t16-,19-,20-,24+/m1/s1. The first-order valence-corrected chi connectivity index (χ1v) is 11.9. The smallest absolute Gasteiger partial charge is 0.146 e. The molecule has 0 spiro atoms. The van der Waals surface area contributed by atoms with Crippen LogP contribution in [0.1, 0.15) is 55.0 Å². The number of piperazine rings is 1. The summed E-state index contributed by atoms with van der Waals surface area (Å²) in [5, 5.41) is 14.6. The first kappa shape index (κ1) is 21.8. The van der Waals surface area contributed by atoms with Gasteiger partial charge >= 0.3 is 0 Å². The van der Waals surface area contributed by atoms with Crippen LogP contribution in [0.5, 0.6) is 0 Å². The maximum absolute atomic E-state index is 12.8. The fourth-order valence-electron chi connectivity index (χ4n) is 5.85. The van der Waals surface area contributed by atoms with Gasteiger partial charge in [0.2, 0.25) is 0 Å². The molecule has 1 aromatic heterocycles. The molecule has 1 aromatic carbocycles. The number of hydrogen-bond acceptors (Lipinski definition) is 7. The summed E-state index contributed by atoms with van der Waals surface area (Å²) in [6.07, 6.45) is 4.92. The molecule has 2 saturated heterocycles. The van der Waals surface area contributed by atoms with E-state index in [1.54, 1.807) is 6.33 Å². The monoisotopic (exact) mass is 455 g/mol. The largest absolute Gasteiger partial charge is 0.387 e. The van der Waals surface area contributed by atoms with Crippen molar-refractivity contribution in [1.29, 1.82) is 0 Å². The lowest BCUT2D eigenvalue weighted by atomic mass is 9.80. The lowest BCUT2D eigenvalue weighted by Crippen LogP contribution is -2.63. The van der Waals surface area contributed by atoms with Gasteiger partial charge in [0, 0.05) is 42.8 Å². The molecule has 0 unspecified atom stereocenters. The van der Waals surface area contributed by atoms with E-state index in [0.717, 1.165) is 74.5 Å². The molecular formula is C24H30ClN5O2. The highest BCUT2D eigenvalue weighted by Gasteiger charge is 2.47. The number of aldehydes is 1. The molecule has 3 heterocycles. The first-order valence-electron chi connectivity index (χ1n) is 11.5. The molecule has 0 amide bonds. The molecule has 32 heavy (non-hydrogen) atoms. The number of carbonyl (C=O) groups is 1. The van der Waals surface area contributed by atoms with Crippen LogP contribution in [-0.4, -0.2) is 65.0 Å². The number of benzene rings is 1. The molecule has 2 aromatic rings. The zero-order chi connectivity index (χ0) is 22.3. The van der Waals surface area contributed by atoms with Crippen molar-refractivity contribution >= 4 is 23.7 Å². The van der Waals surface area contributed by atoms with E-state index in [1.165, 1.54) is 0 Å². The van der Waals surface area contributed by atoms with Crippen LogP contribution in [-0.2, 0) is 10.3 Å². The third kappa shape index (κ3) is 3.52. The molecule has 2 N–H and O–H groups in total. The molecule has 2 fully saturated rings. The molecule has 1 aliphatic carbocycles. The average molecular weight is 456 g/mol. The van der Waals surface area contributed by atoms with Crippen molar-refractivity contribution in [2.75, 3.05) is 37.6 Å². The Kier molecular flexibility index (Phi) is 5.92. The fourth-order valence-corrected chi connectivity index (χ4v) is 5.97. The van der Waals surface area contributed by atoms with Crippen molar-refractivity contribution < 1.29 is 9.90 Å². The fraction of sp³-hybridized carbons (Fsp3) is 0.542. The maximum Gasteiger partial charge on any atom is 0.146 e. The molecule has 0 radical (unpaired) electrons. The normalized spacial score (nSPS) is 27.8. The van der Waals surface area contributed by atoms with E-state index in [2.05, 4.69) is 32.0 Å². The molecule has 2 aliphatic heterocycles. The first-order chi connectivity index (χ1) is 15.5. The van der Waals surface area contributed by atoms with Crippen molar-refractivity contribution in [3.8, 4) is 0 Å². The highest BCUT2D eigenvalue weighted by Crippen LogP contribution is 2.43. The van der Waals surface area contributed by atoms with Crippen molar-refractivity contribution in [2.45, 2.75) is 49.8 Å². The van der Waals surface area contributed by atoms with Gasteiger partial charge in [-0.25, -0.2) is 9.97 Å². The lowest BCUT2D eigenvalue weighted by Gasteiger charge is -2.48. The van der Waals surface area contributed by atoms with Gasteiger partial charge in [-0.15, -0.1) is 0 Å². The van der Waals surface area contributed by atoms with Crippen LogP contribution >= 0.6 is 11.6 Å². The van der Waals surface area contributed by atoms with Crippen molar-refractivity contribution in [3.63, 3.8) is 0 Å². The van der Waals surface area contributed by atoms with Crippen LogP contribution in [0.4, 0.5) is 5.82 Å². The third-order valence-electron chi connectivity index (χ3n) is 7.46. The second-order valence-electron chi connectivity index (χ2n) is 9.22. The summed E-state index contributed by atoms with van der Waals surface area (Å²) in [7, 11) is 0. The number of fused-ring (bicyclic) bond motifs is 1. The Hall–Kier alpha value is -2.06.